The molecule has 106 valence electrons. The quantitative estimate of drug-likeness (QED) is 0.828. The summed E-state index contributed by atoms with van der Waals surface area (Å²) in [5.41, 5.74) is 1.94. The van der Waals surface area contributed by atoms with Crippen LogP contribution >= 0.6 is 0 Å². The molecule has 2 heterocycles. The van der Waals surface area contributed by atoms with Gasteiger partial charge in [-0.1, -0.05) is 0 Å². The van der Waals surface area contributed by atoms with Crippen molar-refractivity contribution in [2.24, 2.45) is 0 Å². The maximum atomic E-state index is 11.9. The zero-order chi connectivity index (χ0) is 14.7. The fraction of sp³-hybridized carbons (Fsp3) is 0.308. The number of carbonyl (C=O) groups is 2. The predicted molar refractivity (Wildman–Crippen MR) is 70.7 cm³/mol. The fourth-order valence-electron chi connectivity index (χ4n) is 1.74. The van der Waals surface area contributed by atoms with Crippen molar-refractivity contribution in [3.8, 4) is 0 Å². The first-order chi connectivity index (χ1) is 9.51. The third-order valence-electron chi connectivity index (χ3n) is 2.86. The normalized spacial score (nSPS) is 12.3. The van der Waals surface area contributed by atoms with Gasteiger partial charge in [-0.05, 0) is 24.6 Å². The van der Waals surface area contributed by atoms with Crippen molar-refractivity contribution in [2.45, 2.75) is 13.0 Å². The molecule has 0 aliphatic carbocycles. The number of aromatic nitrogens is 2. The lowest BCUT2D eigenvalue weighted by Gasteiger charge is -2.10. The molecule has 0 radical (unpaired) electrons. The Kier molecular flexibility index (Phi) is 3.99. The molecule has 7 nitrogen and oxygen atoms in total. The van der Waals surface area contributed by atoms with Gasteiger partial charge < -0.3 is 19.6 Å². The minimum atomic E-state index is -1.13. The third kappa shape index (κ3) is 2.94. The van der Waals surface area contributed by atoms with Gasteiger partial charge in [-0.25, -0.2) is 9.78 Å². The second kappa shape index (κ2) is 5.70. The van der Waals surface area contributed by atoms with Gasteiger partial charge in [0.15, 0.2) is 6.10 Å². The average Bonchev–Trinajstić information content (AvgIpc) is 2.81. The number of methoxy groups -OCH3 is 1. The van der Waals surface area contributed by atoms with Crippen molar-refractivity contribution in [3.63, 3.8) is 0 Å². The van der Waals surface area contributed by atoms with Crippen LogP contribution in [0.3, 0.4) is 0 Å². The maximum Gasteiger partial charge on any atom is 0.334 e. The lowest BCUT2D eigenvalue weighted by Crippen LogP contribution is -2.37. The van der Waals surface area contributed by atoms with E-state index in [0.717, 1.165) is 5.56 Å². The van der Waals surface area contributed by atoms with E-state index in [4.69, 9.17) is 9.84 Å². The van der Waals surface area contributed by atoms with Gasteiger partial charge in [0.25, 0.3) is 5.91 Å². The van der Waals surface area contributed by atoms with Crippen LogP contribution < -0.4 is 5.32 Å². The lowest BCUT2D eigenvalue weighted by atomic mass is 10.3. The average molecular weight is 277 g/mol. The molecule has 0 bridgehead atoms. The fourth-order valence-corrected chi connectivity index (χ4v) is 1.74. The summed E-state index contributed by atoms with van der Waals surface area (Å²) >= 11 is 0. The summed E-state index contributed by atoms with van der Waals surface area (Å²) in [5.74, 6) is -1.56. The lowest BCUT2D eigenvalue weighted by molar-refractivity contribution is -0.148. The highest BCUT2D eigenvalue weighted by Crippen LogP contribution is 2.07. The number of carboxylic acid groups (broad SMARTS) is 1. The highest BCUT2D eigenvalue weighted by Gasteiger charge is 2.18. The second-order valence-corrected chi connectivity index (χ2v) is 4.37. The minimum absolute atomic E-state index is 0.114. The van der Waals surface area contributed by atoms with Gasteiger partial charge in [-0.3, -0.25) is 4.79 Å². The van der Waals surface area contributed by atoms with Crippen LogP contribution in [0.25, 0.3) is 5.65 Å². The van der Waals surface area contributed by atoms with Gasteiger partial charge in [0.1, 0.15) is 11.3 Å². The zero-order valence-corrected chi connectivity index (χ0v) is 11.2. The summed E-state index contributed by atoms with van der Waals surface area (Å²) in [4.78, 5) is 26.9. The molecule has 0 aliphatic rings. The number of imidazole rings is 1. The van der Waals surface area contributed by atoms with Crippen LogP contribution in [-0.4, -0.2) is 46.1 Å². The molecule has 20 heavy (non-hydrogen) atoms. The molecule has 2 aromatic rings. The second-order valence-electron chi connectivity index (χ2n) is 4.37. The Morgan fingerprint density at radius 1 is 1.55 bits per heavy atom. The Bertz CT molecular complexity index is 650. The molecule has 0 saturated carbocycles. The maximum absolute atomic E-state index is 11.9. The molecule has 0 aliphatic heterocycles. The molecular formula is C13H15N3O4. The molecular weight excluding hydrogens is 262 g/mol. The van der Waals surface area contributed by atoms with Crippen LogP contribution in [0.1, 0.15) is 16.1 Å². The van der Waals surface area contributed by atoms with E-state index in [1.54, 1.807) is 10.6 Å². The molecule has 0 fully saturated rings. The van der Waals surface area contributed by atoms with E-state index in [1.807, 2.05) is 25.3 Å². The van der Waals surface area contributed by atoms with Gasteiger partial charge in [0.05, 0.1) is 6.54 Å². The number of hydrogen-bond donors (Lipinski definition) is 2. The molecule has 1 atom stereocenters. The molecule has 0 saturated heterocycles. The molecule has 7 heteroatoms. The van der Waals surface area contributed by atoms with Crippen LogP contribution in [0.2, 0.25) is 0 Å². The number of nitrogens with zero attached hydrogens (tertiary/aromatic N) is 2. The molecule has 1 unspecified atom stereocenters. The van der Waals surface area contributed by atoms with Crippen molar-refractivity contribution < 1.29 is 19.4 Å². The van der Waals surface area contributed by atoms with Gasteiger partial charge in [-0.15, -0.1) is 0 Å². The van der Waals surface area contributed by atoms with E-state index in [1.165, 1.54) is 7.11 Å². The van der Waals surface area contributed by atoms with E-state index in [2.05, 4.69) is 10.3 Å². The van der Waals surface area contributed by atoms with Crippen molar-refractivity contribution in [2.75, 3.05) is 13.7 Å². The van der Waals surface area contributed by atoms with Crippen LogP contribution in [0, 0.1) is 6.92 Å². The number of pyridine rings is 1. The summed E-state index contributed by atoms with van der Waals surface area (Å²) in [6, 6.07) is 3.76. The Hall–Kier alpha value is -2.41. The predicted octanol–water partition coefficient (Wildman–Crippen LogP) is 0.472. The number of nitrogens with one attached hydrogen (secondary N) is 1. The van der Waals surface area contributed by atoms with E-state index in [-0.39, 0.29) is 12.2 Å². The van der Waals surface area contributed by atoms with Gasteiger partial charge >= 0.3 is 5.97 Å². The molecule has 2 N–H and O–H groups in total. The SMILES string of the molecule is COC(CNC(=O)c1cn2ccc(C)cc2n1)C(=O)O. The Morgan fingerprint density at radius 2 is 2.30 bits per heavy atom. The molecule has 1 amide bonds. The van der Waals surface area contributed by atoms with Crippen molar-refractivity contribution in [3.05, 3.63) is 35.8 Å². The Morgan fingerprint density at radius 3 is 2.95 bits per heavy atom. The standard InChI is InChI=1S/C13H15N3O4/c1-8-3-4-16-7-9(15-11(16)5-8)12(17)14-6-10(20-2)13(18)19/h3-5,7,10H,6H2,1-2H3,(H,14,17)(H,18,19). The number of fused-ring (bicyclic) bond motifs is 1. The first kappa shape index (κ1) is 14.0. The molecule has 0 spiro atoms. The number of rotatable bonds is 5. The highest BCUT2D eigenvalue weighted by atomic mass is 16.5. The van der Waals surface area contributed by atoms with Crippen LogP contribution in [-0.2, 0) is 9.53 Å². The highest BCUT2D eigenvalue weighted by molar-refractivity contribution is 5.93. The minimum Gasteiger partial charge on any atom is -0.479 e. The number of carboxylic acids is 1. The van der Waals surface area contributed by atoms with Crippen LogP contribution in [0.4, 0.5) is 0 Å². The summed E-state index contributed by atoms with van der Waals surface area (Å²) in [7, 11) is 1.28. The number of hydrogen-bond acceptors (Lipinski definition) is 4. The largest absolute Gasteiger partial charge is 0.479 e. The number of ether oxygens (including phenoxy) is 1. The monoisotopic (exact) mass is 277 g/mol. The van der Waals surface area contributed by atoms with E-state index < -0.39 is 18.0 Å². The van der Waals surface area contributed by atoms with E-state index in [0.29, 0.717) is 5.65 Å². The molecule has 0 aromatic carbocycles. The van der Waals surface area contributed by atoms with Gasteiger partial charge in [0, 0.05) is 19.5 Å². The van der Waals surface area contributed by atoms with Crippen molar-refractivity contribution >= 4 is 17.5 Å². The summed E-state index contributed by atoms with van der Waals surface area (Å²) in [5, 5.41) is 11.3. The first-order valence-corrected chi connectivity index (χ1v) is 6.00. The van der Waals surface area contributed by atoms with Crippen LogP contribution in [0.15, 0.2) is 24.5 Å². The number of aryl methyl sites for hydroxylation is 1. The Labute approximate surface area is 115 Å². The Balaban J connectivity index is 2.09. The van der Waals surface area contributed by atoms with Crippen LogP contribution in [0.5, 0.6) is 0 Å². The first-order valence-electron chi connectivity index (χ1n) is 6.00. The number of carbonyl (C=O) groups excluding carboxylic acids is 1. The van der Waals surface area contributed by atoms with E-state index >= 15 is 0 Å². The molecule has 2 rings (SSSR count). The summed E-state index contributed by atoms with van der Waals surface area (Å²) < 4.78 is 6.46. The number of amides is 1. The topological polar surface area (TPSA) is 92.9 Å². The zero-order valence-electron chi connectivity index (χ0n) is 11.2. The number of aliphatic carboxylic acids is 1. The van der Waals surface area contributed by atoms with Crippen molar-refractivity contribution in [1.82, 2.24) is 14.7 Å². The van der Waals surface area contributed by atoms with Gasteiger partial charge in [0.2, 0.25) is 0 Å². The smallest absolute Gasteiger partial charge is 0.334 e. The molecule has 2 aromatic heterocycles. The van der Waals surface area contributed by atoms with Gasteiger partial charge in [-0.2, -0.15) is 0 Å². The third-order valence-corrected chi connectivity index (χ3v) is 2.86. The summed E-state index contributed by atoms with van der Waals surface area (Å²) in [6.45, 7) is 1.82. The van der Waals surface area contributed by atoms with Crippen molar-refractivity contribution in [1.29, 1.82) is 0 Å². The summed E-state index contributed by atoms with van der Waals surface area (Å²) in [6.07, 6.45) is 2.33. The van der Waals surface area contributed by atoms with E-state index in [9.17, 15) is 9.59 Å².